The van der Waals surface area contributed by atoms with Gasteiger partial charge in [0, 0.05) is 35.7 Å². The van der Waals surface area contributed by atoms with Gasteiger partial charge < -0.3 is 10.6 Å². The Hall–Kier alpha value is -1.53. The molecule has 156 valence electrons. The van der Waals surface area contributed by atoms with E-state index >= 15 is 0 Å². The Bertz CT molecular complexity index is 640. The summed E-state index contributed by atoms with van der Waals surface area (Å²) < 4.78 is 0. The average Bonchev–Trinajstić information content (AvgIpc) is 2.64. The van der Waals surface area contributed by atoms with Gasteiger partial charge in [0.2, 0.25) is 11.8 Å². The number of aryl methyl sites for hydroxylation is 1. The molecule has 2 amide bonds. The average molecular weight is 406 g/mol. The van der Waals surface area contributed by atoms with Crippen molar-refractivity contribution in [3.05, 3.63) is 29.8 Å². The first-order valence-corrected chi connectivity index (χ1v) is 11.2. The van der Waals surface area contributed by atoms with E-state index < -0.39 is 0 Å². The molecule has 0 radical (unpaired) electrons. The topological polar surface area (TPSA) is 61.4 Å². The third-order valence-electron chi connectivity index (χ3n) is 4.92. The summed E-state index contributed by atoms with van der Waals surface area (Å²) in [6, 6.07) is 8.46. The van der Waals surface area contributed by atoms with Crippen LogP contribution in [0.15, 0.2) is 29.2 Å². The Morgan fingerprint density at radius 3 is 2.57 bits per heavy atom. The molecule has 0 saturated carbocycles. The zero-order chi connectivity index (χ0) is 20.6. The summed E-state index contributed by atoms with van der Waals surface area (Å²) in [5.74, 6) is 1.47. The van der Waals surface area contributed by atoms with Gasteiger partial charge in [-0.3, -0.25) is 14.5 Å². The molecule has 0 aromatic heterocycles. The summed E-state index contributed by atoms with van der Waals surface area (Å²) in [5, 5.41) is 6.08. The summed E-state index contributed by atoms with van der Waals surface area (Å²) in [6.45, 7) is 11.5. The highest BCUT2D eigenvalue weighted by Crippen LogP contribution is 2.18. The monoisotopic (exact) mass is 405 g/mol. The quantitative estimate of drug-likeness (QED) is 0.515. The van der Waals surface area contributed by atoms with E-state index in [9.17, 15) is 9.59 Å². The van der Waals surface area contributed by atoms with E-state index in [1.807, 2.05) is 20.8 Å². The van der Waals surface area contributed by atoms with Crippen LogP contribution in [0.5, 0.6) is 0 Å². The van der Waals surface area contributed by atoms with Gasteiger partial charge in [-0.25, -0.2) is 0 Å². The van der Waals surface area contributed by atoms with Gasteiger partial charge in [-0.05, 0) is 44.4 Å². The molecule has 1 aliphatic heterocycles. The van der Waals surface area contributed by atoms with Gasteiger partial charge in [-0.1, -0.05) is 38.5 Å². The molecule has 1 atom stereocenters. The van der Waals surface area contributed by atoms with E-state index in [4.69, 9.17) is 0 Å². The lowest BCUT2D eigenvalue weighted by atomic mass is 9.94. The van der Waals surface area contributed by atoms with E-state index in [1.165, 1.54) is 10.5 Å². The van der Waals surface area contributed by atoms with Crippen LogP contribution in [0.25, 0.3) is 0 Å². The second-order valence-electron chi connectivity index (χ2n) is 8.71. The standard InChI is InChI=1S/C22H35N3O2S/c1-17-7-9-19(10-8-17)28-13-11-23-20(26)16-25-12-5-6-18(15-25)14-24-21(27)22(2,3)4/h7-10,18H,5-6,11-16H2,1-4H3,(H,23,26)(H,24,27). The Labute approximate surface area is 174 Å². The zero-order valence-electron chi connectivity index (χ0n) is 17.7. The van der Waals surface area contributed by atoms with Gasteiger partial charge in [-0.2, -0.15) is 0 Å². The van der Waals surface area contributed by atoms with Crippen LogP contribution in [-0.4, -0.2) is 55.2 Å². The molecule has 0 bridgehead atoms. The lowest BCUT2D eigenvalue weighted by Gasteiger charge is -2.32. The maximum Gasteiger partial charge on any atom is 0.234 e. The largest absolute Gasteiger partial charge is 0.355 e. The van der Waals surface area contributed by atoms with Gasteiger partial charge >= 0.3 is 0 Å². The van der Waals surface area contributed by atoms with Crippen LogP contribution in [0.1, 0.15) is 39.2 Å². The van der Waals surface area contributed by atoms with Crippen molar-refractivity contribution in [2.45, 2.75) is 45.4 Å². The van der Waals surface area contributed by atoms with Crippen LogP contribution in [0.4, 0.5) is 0 Å². The van der Waals surface area contributed by atoms with Crippen LogP contribution < -0.4 is 10.6 Å². The van der Waals surface area contributed by atoms with Crippen LogP contribution in [0.2, 0.25) is 0 Å². The van der Waals surface area contributed by atoms with Gasteiger partial charge in [0.1, 0.15) is 0 Å². The number of amides is 2. The van der Waals surface area contributed by atoms with Crippen molar-refractivity contribution in [3.63, 3.8) is 0 Å². The van der Waals surface area contributed by atoms with Crippen molar-refractivity contribution in [3.8, 4) is 0 Å². The van der Waals surface area contributed by atoms with Gasteiger partial charge in [0.15, 0.2) is 0 Å². The highest BCUT2D eigenvalue weighted by atomic mass is 32.2. The van der Waals surface area contributed by atoms with Gasteiger partial charge in [0.25, 0.3) is 0 Å². The number of carbonyl (C=O) groups is 2. The van der Waals surface area contributed by atoms with Crippen LogP contribution in [0, 0.1) is 18.3 Å². The molecule has 5 nitrogen and oxygen atoms in total. The lowest BCUT2D eigenvalue weighted by molar-refractivity contribution is -0.129. The number of nitrogens with zero attached hydrogens (tertiary/aromatic N) is 1. The van der Waals surface area contributed by atoms with Gasteiger partial charge in [-0.15, -0.1) is 11.8 Å². The first-order chi connectivity index (χ1) is 13.2. The summed E-state index contributed by atoms with van der Waals surface area (Å²) in [4.78, 5) is 27.7. The zero-order valence-corrected chi connectivity index (χ0v) is 18.5. The first kappa shape index (κ1) is 22.8. The minimum absolute atomic E-state index is 0.0869. The number of likely N-dealkylation sites (tertiary alicyclic amines) is 1. The van der Waals surface area contributed by atoms with E-state index in [2.05, 4.69) is 46.7 Å². The predicted molar refractivity (Wildman–Crippen MR) is 117 cm³/mol. The van der Waals surface area contributed by atoms with Crippen molar-refractivity contribution >= 4 is 23.6 Å². The fourth-order valence-electron chi connectivity index (χ4n) is 3.22. The fraction of sp³-hybridized carbons (Fsp3) is 0.636. The normalized spacial score (nSPS) is 17.9. The summed E-state index contributed by atoms with van der Waals surface area (Å²) in [7, 11) is 0. The Balaban J connectivity index is 1.63. The molecule has 1 aromatic carbocycles. The maximum atomic E-state index is 12.2. The molecule has 1 aromatic rings. The van der Waals surface area contributed by atoms with Crippen molar-refractivity contribution in [1.29, 1.82) is 0 Å². The molecule has 1 aliphatic rings. The molecule has 2 N–H and O–H groups in total. The highest BCUT2D eigenvalue weighted by molar-refractivity contribution is 7.99. The Morgan fingerprint density at radius 2 is 1.89 bits per heavy atom. The number of benzene rings is 1. The third-order valence-corrected chi connectivity index (χ3v) is 5.93. The molecule has 0 spiro atoms. The van der Waals surface area contributed by atoms with E-state index in [0.29, 0.717) is 25.6 Å². The summed E-state index contributed by atoms with van der Waals surface area (Å²) >= 11 is 1.76. The molecule has 28 heavy (non-hydrogen) atoms. The molecule has 6 heteroatoms. The Kier molecular flexibility index (Phi) is 8.83. The van der Waals surface area contributed by atoms with Crippen molar-refractivity contribution in [2.75, 3.05) is 38.5 Å². The summed E-state index contributed by atoms with van der Waals surface area (Å²) in [6.07, 6.45) is 2.18. The number of hydrogen-bond donors (Lipinski definition) is 2. The van der Waals surface area contributed by atoms with E-state index in [0.717, 1.165) is 31.7 Å². The van der Waals surface area contributed by atoms with E-state index in [1.54, 1.807) is 11.8 Å². The summed E-state index contributed by atoms with van der Waals surface area (Å²) in [5.41, 5.74) is 0.903. The molecule has 0 aliphatic carbocycles. The maximum absolute atomic E-state index is 12.2. The van der Waals surface area contributed by atoms with E-state index in [-0.39, 0.29) is 17.2 Å². The fourth-order valence-corrected chi connectivity index (χ4v) is 3.98. The molecule has 1 unspecified atom stereocenters. The van der Waals surface area contributed by atoms with Crippen molar-refractivity contribution in [2.24, 2.45) is 11.3 Å². The molecule has 1 heterocycles. The van der Waals surface area contributed by atoms with Crippen LogP contribution in [-0.2, 0) is 9.59 Å². The third kappa shape index (κ3) is 8.23. The lowest BCUT2D eigenvalue weighted by Crippen LogP contribution is -2.46. The highest BCUT2D eigenvalue weighted by Gasteiger charge is 2.25. The second-order valence-corrected chi connectivity index (χ2v) is 9.88. The van der Waals surface area contributed by atoms with Gasteiger partial charge in [0.05, 0.1) is 6.54 Å². The smallest absolute Gasteiger partial charge is 0.234 e. The number of nitrogens with one attached hydrogen (secondary N) is 2. The number of rotatable bonds is 8. The SMILES string of the molecule is Cc1ccc(SCCNC(=O)CN2CCCC(CNC(=O)C(C)(C)C)C2)cc1. The molecular weight excluding hydrogens is 370 g/mol. The minimum atomic E-state index is -0.356. The predicted octanol–water partition coefficient (Wildman–Crippen LogP) is 3.08. The molecule has 2 rings (SSSR count). The van der Waals surface area contributed by atoms with Crippen molar-refractivity contribution < 1.29 is 9.59 Å². The minimum Gasteiger partial charge on any atom is -0.355 e. The Morgan fingerprint density at radius 1 is 1.18 bits per heavy atom. The number of hydrogen-bond acceptors (Lipinski definition) is 4. The molecule has 1 saturated heterocycles. The molecule has 1 fully saturated rings. The number of carbonyl (C=O) groups excluding carboxylic acids is 2. The number of thioether (sulfide) groups is 1. The van der Waals surface area contributed by atoms with Crippen molar-refractivity contribution in [1.82, 2.24) is 15.5 Å². The number of piperidine rings is 1. The first-order valence-electron chi connectivity index (χ1n) is 10.2. The van der Waals surface area contributed by atoms with Crippen LogP contribution in [0.3, 0.4) is 0 Å². The molecular formula is C22H35N3O2S. The second kappa shape index (κ2) is 10.9. The van der Waals surface area contributed by atoms with Crippen LogP contribution >= 0.6 is 11.8 Å².